The van der Waals surface area contributed by atoms with E-state index in [-0.39, 0.29) is 11.7 Å². The fourth-order valence-corrected chi connectivity index (χ4v) is 4.59. The van der Waals surface area contributed by atoms with Gasteiger partial charge >= 0.3 is 0 Å². The van der Waals surface area contributed by atoms with Crippen LogP contribution >= 0.6 is 23.5 Å². The van der Waals surface area contributed by atoms with Gasteiger partial charge in [0.05, 0.1) is 4.24 Å². The Hall–Kier alpha value is -1.20. The highest BCUT2D eigenvalue weighted by Crippen LogP contribution is 2.37. The van der Waals surface area contributed by atoms with Gasteiger partial charge in [0.1, 0.15) is 5.57 Å². The first-order valence-corrected chi connectivity index (χ1v) is 8.44. The molecule has 0 aliphatic carbocycles. The lowest BCUT2D eigenvalue weighted by atomic mass is 10.1. The maximum atomic E-state index is 12.4. The van der Waals surface area contributed by atoms with Crippen LogP contribution in [0.15, 0.2) is 34.1 Å². The Balaban J connectivity index is 2.24. The van der Waals surface area contributed by atoms with E-state index in [2.05, 4.69) is 5.32 Å². The summed E-state index contributed by atoms with van der Waals surface area (Å²) in [5.74, 6) is 1.46. The second-order valence-electron chi connectivity index (χ2n) is 4.54. The van der Waals surface area contributed by atoms with Crippen molar-refractivity contribution in [3.05, 3.63) is 39.6 Å². The van der Waals surface area contributed by atoms with Crippen LogP contribution in [0.5, 0.6) is 0 Å². The van der Waals surface area contributed by atoms with Gasteiger partial charge in [0.15, 0.2) is 5.78 Å². The number of benzene rings is 1. The maximum Gasteiger partial charge on any atom is 0.260 e. The highest BCUT2D eigenvalue weighted by molar-refractivity contribution is 8.22. The van der Waals surface area contributed by atoms with Crippen molar-refractivity contribution in [1.82, 2.24) is 0 Å². The van der Waals surface area contributed by atoms with Crippen LogP contribution in [0.3, 0.4) is 0 Å². The molecular weight excluding hydrogens is 290 g/mol. The van der Waals surface area contributed by atoms with Crippen molar-refractivity contribution in [3.63, 3.8) is 0 Å². The maximum absolute atomic E-state index is 12.4. The molecular formula is C15H17NO2S2. The number of ketones is 1. The third-order valence-electron chi connectivity index (χ3n) is 2.93. The van der Waals surface area contributed by atoms with Gasteiger partial charge in [-0.3, -0.25) is 9.59 Å². The first kappa shape index (κ1) is 15.2. The standard InChI is InChI=1S/C15H17NO2S2/c1-10-6-3-4-7-12(10)16-14(18)13(11(2)17)15-19-8-5-9-20-15/h3-4,6-7H,5,8-9H2,1-2H3,(H,16,18). The van der Waals surface area contributed by atoms with Crippen LogP contribution in [0.4, 0.5) is 5.69 Å². The zero-order chi connectivity index (χ0) is 14.5. The van der Waals surface area contributed by atoms with Gasteiger partial charge in [-0.2, -0.15) is 0 Å². The van der Waals surface area contributed by atoms with Crippen LogP contribution in [-0.2, 0) is 9.59 Å². The summed E-state index contributed by atoms with van der Waals surface area (Å²) in [6.45, 7) is 3.38. The topological polar surface area (TPSA) is 46.2 Å². The lowest BCUT2D eigenvalue weighted by Crippen LogP contribution is -2.21. The number of Topliss-reactive ketones (excluding diaryl/α,β-unsaturated/α-hetero) is 1. The van der Waals surface area contributed by atoms with E-state index < -0.39 is 0 Å². The molecule has 1 aromatic rings. The molecule has 2 rings (SSSR count). The number of amides is 1. The Morgan fingerprint density at radius 2 is 1.80 bits per heavy atom. The number of hydrogen-bond donors (Lipinski definition) is 1. The molecule has 0 saturated carbocycles. The van der Waals surface area contributed by atoms with Crippen LogP contribution in [-0.4, -0.2) is 23.2 Å². The molecule has 1 aromatic carbocycles. The minimum atomic E-state index is -0.302. The molecule has 106 valence electrons. The smallest absolute Gasteiger partial charge is 0.260 e. The number of rotatable bonds is 3. The summed E-state index contributed by atoms with van der Waals surface area (Å²) in [4.78, 5) is 24.2. The number of carbonyl (C=O) groups is 2. The second-order valence-corrected chi connectivity index (χ2v) is 7.01. The predicted octanol–water partition coefficient (Wildman–Crippen LogP) is 3.60. The van der Waals surface area contributed by atoms with Gasteiger partial charge in [-0.05, 0) is 43.4 Å². The van der Waals surface area contributed by atoms with Gasteiger partial charge in [0.2, 0.25) is 0 Å². The average Bonchev–Trinajstić information content (AvgIpc) is 2.42. The average molecular weight is 307 g/mol. The molecule has 1 saturated heterocycles. The van der Waals surface area contributed by atoms with Crippen molar-refractivity contribution < 1.29 is 9.59 Å². The molecule has 0 atom stereocenters. The zero-order valence-corrected chi connectivity index (χ0v) is 13.2. The van der Waals surface area contributed by atoms with Crippen molar-refractivity contribution in [3.8, 4) is 0 Å². The molecule has 0 aromatic heterocycles. The Morgan fingerprint density at radius 3 is 2.40 bits per heavy atom. The Bertz CT molecular complexity index is 559. The molecule has 0 bridgehead atoms. The quantitative estimate of drug-likeness (QED) is 0.526. The van der Waals surface area contributed by atoms with Crippen molar-refractivity contribution in [1.29, 1.82) is 0 Å². The van der Waals surface area contributed by atoms with E-state index in [4.69, 9.17) is 0 Å². The Kier molecular flexibility index (Phi) is 5.31. The molecule has 1 heterocycles. The van der Waals surface area contributed by atoms with Gasteiger partial charge in [0.25, 0.3) is 5.91 Å². The largest absolute Gasteiger partial charge is 0.322 e. The Morgan fingerprint density at radius 1 is 1.15 bits per heavy atom. The molecule has 0 radical (unpaired) electrons. The fourth-order valence-electron chi connectivity index (χ4n) is 1.87. The summed E-state index contributed by atoms with van der Waals surface area (Å²) < 4.78 is 0.856. The van der Waals surface area contributed by atoms with Gasteiger partial charge in [-0.1, -0.05) is 18.2 Å². The first-order chi connectivity index (χ1) is 9.59. The molecule has 1 aliphatic rings. The number of para-hydroxylation sites is 1. The van der Waals surface area contributed by atoms with Crippen LogP contribution in [0.1, 0.15) is 18.9 Å². The number of hydrogen-bond acceptors (Lipinski definition) is 4. The van der Waals surface area contributed by atoms with Crippen molar-refractivity contribution in [2.45, 2.75) is 20.3 Å². The summed E-state index contributed by atoms with van der Waals surface area (Å²) in [7, 11) is 0. The van der Waals surface area contributed by atoms with E-state index >= 15 is 0 Å². The lowest BCUT2D eigenvalue weighted by molar-refractivity contribution is -0.118. The third kappa shape index (κ3) is 3.67. The van der Waals surface area contributed by atoms with Gasteiger partial charge in [-0.25, -0.2) is 0 Å². The fraction of sp³-hybridized carbons (Fsp3) is 0.333. The summed E-state index contributed by atoms with van der Waals surface area (Å²) >= 11 is 3.21. The summed E-state index contributed by atoms with van der Waals surface area (Å²) in [5, 5.41) is 2.84. The normalized spacial score (nSPS) is 14.8. The number of anilines is 1. The molecule has 5 heteroatoms. The number of carbonyl (C=O) groups excluding carboxylic acids is 2. The molecule has 1 N–H and O–H groups in total. The van der Waals surface area contributed by atoms with E-state index in [1.54, 1.807) is 23.5 Å². The molecule has 0 unspecified atom stereocenters. The highest BCUT2D eigenvalue weighted by atomic mass is 32.2. The van der Waals surface area contributed by atoms with Crippen LogP contribution in [0.2, 0.25) is 0 Å². The SMILES string of the molecule is CC(=O)C(C(=O)Nc1ccccc1C)=C1SCCCS1. The minimum absolute atomic E-state index is 0.173. The monoisotopic (exact) mass is 307 g/mol. The van der Waals surface area contributed by atoms with E-state index in [0.717, 1.165) is 33.4 Å². The van der Waals surface area contributed by atoms with Gasteiger partial charge in [0, 0.05) is 5.69 Å². The molecule has 1 aliphatic heterocycles. The van der Waals surface area contributed by atoms with Crippen LogP contribution in [0.25, 0.3) is 0 Å². The predicted molar refractivity (Wildman–Crippen MR) is 87.0 cm³/mol. The highest BCUT2D eigenvalue weighted by Gasteiger charge is 2.23. The molecule has 1 fully saturated rings. The zero-order valence-electron chi connectivity index (χ0n) is 11.6. The van der Waals surface area contributed by atoms with E-state index in [0.29, 0.717) is 5.57 Å². The molecule has 20 heavy (non-hydrogen) atoms. The third-order valence-corrected chi connectivity index (χ3v) is 5.56. The number of thioether (sulfide) groups is 2. The van der Waals surface area contributed by atoms with Gasteiger partial charge < -0.3 is 5.32 Å². The molecule has 0 spiro atoms. The van der Waals surface area contributed by atoms with E-state index in [1.165, 1.54) is 6.92 Å². The second kappa shape index (κ2) is 6.99. The van der Waals surface area contributed by atoms with E-state index in [9.17, 15) is 9.59 Å². The minimum Gasteiger partial charge on any atom is -0.322 e. The van der Waals surface area contributed by atoms with Gasteiger partial charge in [-0.15, -0.1) is 23.5 Å². The molecule has 3 nitrogen and oxygen atoms in total. The summed E-state index contributed by atoms with van der Waals surface area (Å²) in [6, 6.07) is 7.56. The summed E-state index contributed by atoms with van der Waals surface area (Å²) in [5.41, 5.74) is 2.03. The number of nitrogens with one attached hydrogen (secondary N) is 1. The lowest BCUT2D eigenvalue weighted by Gasteiger charge is -2.17. The Labute approximate surface area is 127 Å². The summed E-state index contributed by atoms with van der Waals surface area (Å²) in [6.07, 6.45) is 1.11. The van der Waals surface area contributed by atoms with E-state index in [1.807, 2.05) is 31.2 Å². The van der Waals surface area contributed by atoms with Crippen LogP contribution in [0, 0.1) is 6.92 Å². The number of aryl methyl sites for hydroxylation is 1. The van der Waals surface area contributed by atoms with Crippen molar-refractivity contribution in [2.75, 3.05) is 16.8 Å². The van der Waals surface area contributed by atoms with Crippen LogP contribution < -0.4 is 5.32 Å². The van der Waals surface area contributed by atoms with Crippen molar-refractivity contribution >= 4 is 40.9 Å². The first-order valence-electron chi connectivity index (χ1n) is 6.47. The van der Waals surface area contributed by atoms with Crippen molar-refractivity contribution in [2.24, 2.45) is 0 Å². The molecule has 1 amide bonds.